The van der Waals surface area contributed by atoms with E-state index in [1.165, 1.54) is 11.0 Å². The predicted molar refractivity (Wildman–Crippen MR) is 79.3 cm³/mol. The first kappa shape index (κ1) is 14.9. The number of hydrogen-bond acceptors (Lipinski definition) is 6. The number of nitrogens with zero attached hydrogens (tertiary/aromatic N) is 5. The van der Waals surface area contributed by atoms with E-state index >= 15 is 0 Å². The number of anilines is 1. The molecule has 0 aliphatic carbocycles. The molecule has 1 aromatic carbocycles. The van der Waals surface area contributed by atoms with Crippen molar-refractivity contribution in [1.29, 1.82) is 0 Å². The minimum Gasteiger partial charge on any atom is -0.312 e. The van der Waals surface area contributed by atoms with E-state index in [9.17, 15) is 13.2 Å². The Bertz CT molecular complexity index is 793. The summed E-state index contributed by atoms with van der Waals surface area (Å²) < 4.78 is 23.8. The fourth-order valence-corrected chi connectivity index (χ4v) is 3.83. The third-order valence-corrected chi connectivity index (χ3v) is 4.64. The molecule has 1 fully saturated rings. The number of benzene rings is 1. The number of aromatic nitrogens is 4. The third kappa shape index (κ3) is 3.25. The number of amides is 1. The molecule has 0 N–H and O–H groups in total. The summed E-state index contributed by atoms with van der Waals surface area (Å²) in [7, 11) is 1.65. The summed E-state index contributed by atoms with van der Waals surface area (Å²) in [6.07, 6.45) is 1.62. The lowest BCUT2D eigenvalue weighted by molar-refractivity contribution is -0.117. The molecule has 1 saturated heterocycles. The molecule has 2 aromatic rings. The molecular weight excluding hydrogens is 330 g/mol. The van der Waals surface area contributed by atoms with Crippen molar-refractivity contribution in [2.45, 2.75) is 6.42 Å². The smallest absolute Gasteiger partial charge is 0.232 e. The van der Waals surface area contributed by atoms with E-state index in [2.05, 4.69) is 15.5 Å². The first-order chi connectivity index (χ1) is 10.4. The van der Waals surface area contributed by atoms with Crippen LogP contribution in [0, 0.1) is 5.92 Å². The van der Waals surface area contributed by atoms with Gasteiger partial charge in [-0.05, 0) is 28.6 Å². The molecule has 1 aromatic heterocycles. The maximum Gasteiger partial charge on any atom is 0.232 e. The fraction of sp³-hybridized carbons (Fsp3) is 0.333. The van der Waals surface area contributed by atoms with Gasteiger partial charge in [0.25, 0.3) is 0 Å². The van der Waals surface area contributed by atoms with Crippen molar-refractivity contribution in [3.05, 3.63) is 30.6 Å². The summed E-state index contributed by atoms with van der Waals surface area (Å²) in [6, 6.07) is 7.14. The summed E-state index contributed by atoms with van der Waals surface area (Å²) in [5.74, 6) is -0.630. The Morgan fingerprint density at radius 1 is 1.32 bits per heavy atom. The van der Waals surface area contributed by atoms with Gasteiger partial charge in [-0.1, -0.05) is 6.07 Å². The largest absolute Gasteiger partial charge is 0.312 e. The zero-order valence-electron chi connectivity index (χ0n) is 11.3. The highest BCUT2D eigenvalue weighted by Crippen LogP contribution is 2.27. The van der Waals surface area contributed by atoms with Crippen LogP contribution in [0.25, 0.3) is 5.69 Å². The normalized spacial score (nSPS) is 18.9. The van der Waals surface area contributed by atoms with Crippen LogP contribution in [-0.2, 0) is 13.8 Å². The minimum absolute atomic E-state index is 0.126. The number of tetrazole rings is 1. The third-order valence-electron chi connectivity index (χ3n) is 3.39. The molecule has 0 bridgehead atoms. The second-order valence-electron chi connectivity index (χ2n) is 5.05. The highest BCUT2D eigenvalue weighted by molar-refractivity contribution is 8.13. The van der Waals surface area contributed by atoms with Crippen molar-refractivity contribution >= 4 is 31.3 Å². The molecule has 10 heteroatoms. The standard InChI is InChI=1S/C12H12ClN5O3S/c13-22(20,21)7-9-4-12(19)17(6-9)10-2-1-3-11(5-10)18-8-14-15-16-18/h1-3,5,8-9H,4,6-7H2. The number of carbonyl (C=O) groups excluding carboxylic acids is 1. The van der Waals surface area contributed by atoms with E-state index in [1.807, 2.05) is 0 Å². The summed E-state index contributed by atoms with van der Waals surface area (Å²) in [5, 5.41) is 10.9. The molecule has 1 unspecified atom stereocenters. The maximum atomic E-state index is 12.1. The number of carbonyl (C=O) groups is 1. The van der Waals surface area contributed by atoms with Gasteiger partial charge in [-0.3, -0.25) is 4.79 Å². The van der Waals surface area contributed by atoms with Gasteiger partial charge in [0, 0.05) is 35.3 Å². The zero-order valence-corrected chi connectivity index (χ0v) is 12.9. The highest BCUT2D eigenvalue weighted by atomic mass is 35.7. The van der Waals surface area contributed by atoms with Gasteiger partial charge in [-0.15, -0.1) is 5.10 Å². The molecule has 1 atom stereocenters. The summed E-state index contributed by atoms with van der Waals surface area (Å²) >= 11 is 0. The molecule has 0 saturated carbocycles. The van der Waals surface area contributed by atoms with E-state index in [4.69, 9.17) is 10.7 Å². The lowest BCUT2D eigenvalue weighted by atomic mass is 10.1. The topological polar surface area (TPSA) is 98.1 Å². The molecule has 1 aliphatic heterocycles. The number of rotatable bonds is 4. The molecule has 3 rings (SSSR count). The minimum atomic E-state index is -3.62. The van der Waals surface area contributed by atoms with Crippen LogP contribution in [0.2, 0.25) is 0 Å². The highest BCUT2D eigenvalue weighted by Gasteiger charge is 2.33. The van der Waals surface area contributed by atoms with Crippen molar-refractivity contribution in [2.24, 2.45) is 5.92 Å². The maximum absolute atomic E-state index is 12.1. The summed E-state index contributed by atoms with van der Waals surface area (Å²) in [6.45, 7) is 0.323. The van der Waals surface area contributed by atoms with Gasteiger partial charge in [-0.2, -0.15) is 0 Å². The van der Waals surface area contributed by atoms with Crippen molar-refractivity contribution in [1.82, 2.24) is 20.2 Å². The van der Waals surface area contributed by atoms with E-state index in [0.717, 1.165) is 0 Å². The summed E-state index contributed by atoms with van der Waals surface area (Å²) in [4.78, 5) is 13.7. The van der Waals surface area contributed by atoms with Crippen molar-refractivity contribution < 1.29 is 13.2 Å². The van der Waals surface area contributed by atoms with Crippen LogP contribution in [0.5, 0.6) is 0 Å². The van der Waals surface area contributed by atoms with Crippen LogP contribution in [0.1, 0.15) is 6.42 Å². The van der Waals surface area contributed by atoms with Gasteiger partial charge in [-0.25, -0.2) is 13.1 Å². The first-order valence-corrected chi connectivity index (χ1v) is 8.96. The quantitative estimate of drug-likeness (QED) is 0.755. The van der Waals surface area contributed by atoms with E-state index in [0.29, 0.717) is 17.9 Å². The predicted octanol–water partition coefficient (Wildman–Crippen LogP) is 0.584. The van der Waals surface area contributed by atoms with Gasteiger partial charge >= 0.3 is 0 Å². The van der Waals surface area contributed by atoms with Crippen LogP contribution in [0.15, 0.2) is 30.6 Å². The van der Waals surface area contributed by atoms with Crippen molar-refractivity contribution in [3.8, 4) is 5.69 Å². The van der Waals surface area contributed by atoms with E-state index in [1.54, 1.807) is 29.2 Å². The van der Waals surface area contributed by atoms with Crippen LogP contribution < -0.4 is 4.90 Å². The van der Waals surface area contributed by atoms with Crippen LogP contribution in [0.4, 0.5) is 5.69 Å². The Kier molecular flexibility index (Phi) is 3.83. The molecular formula is C12H12ClN5O3S. The Hall–Kier alpha value is -2.00. The molecule has 1 aliphatic rings. The molecule has 2 heterocycles. The van der Waals surface area contributed by atoms with Crippen molar-refractivity contribution in [2.75, 3.05) is 17.2 Å². The Balaban J connectivity index is 1.83. The molecule has 0 spiro atoms. The second kappa shape index (κ2) is 5.65. The van der Waals surface area contributed by atoms with E-state index in [-0.39, 0.29) is 24.0 Å². The van der Waals surface area contributed by atoms with Crippen molar-refractivity contribution in [3.63, 3.8) is 0 Å². The lowest BCUT2D eigenvalue weighted by Gasteiger charge is -2.17. The average molecular weight is 342 g/mol. The lowest BCUT2D eigenvalue weighted by Crippen LogP contribution is -2.25. The monoisotopic (exact) mass is 341 g/mol. The molecule has 8 nitrogen and oxygen atoms in total. The zero-order chi connectivity index (χ0) is 15.7. The van der Waals surface area contributed by atoms with Gasteiger partial charge < -0.3 is 4.90 Å². The average Bonchev–Trinajstić information content (AvgIpc) is 3.07. The Morgan fingerprint density at radius 3 is 2.77 bits per heavy atom. The van der Waals surface area contributed by atoms with Crippen LogP contribution in [0.3, 0.4) is 0 Å². The number of hydrogen-bond donors (Lipinski definition) is 0. The second-order valence-corrected chi connectivity index (χ2v) is 7.88. The summed E-state index contributed by atoms with van der Waals surface area (Å²) in [5.41, 5.74) is 1.39. The molecule has 0 radical (unpaired) electrons. The van der Waals surface area contributed by atoms with Gasteiger partial charge in [0.15, 0.2) is 0 Å². The molecule has 1 amide bonds. The first-order valence-electron chi connectivity index (χ1n) is 6.48. The van der Waals surface area contributed by atoms with Gasteiger partial charge in [0.1, 0.15) is 6.33 Å². The van der Waals surface area contributed by atoms with Crippen LogP contribution in [-0.4, -0.2) is 46.8 Å². The number of halogens is 1. The Labute approximate surface area is 131 Å². The van der Waals surface area contributed by atoms with E-state index < -0.39 is 9.05 Å². The molecule has 116 valence electrons. The SMILES string of the molecule is O=C1CC(CS(=O)(=O)Cl)CN1c1cccc(-n2cnnn2)c1. The molecule has 22 heavy (non-hydrogen) atoms. The fourth-order valence-electron chi connectivity index (χ4n) is 2.51. The Morgan fingerprint density at radius 2 is 2.09 bits per heavy atom. The van der Waals surface area contributed by atoms with Gasteiger partial charge in [0.2, 0.25) is 15.0 Å². The van der Waals surface area contributed by atoms with Gasteiger partial charge in [0.05, 0.1) is 11.4 Å². The van der Waals surface area contributed by atoms with Crippen LogP contribution >= 0.6 is 10.7 Å².